The van der Waals surface area contributed by atoms with Gasteiger partial charge in [-0.15, -0.1) is 0 Å². The summed E-state index contributed by atoms with van der Waals surface area (Å²) in [7, 11) is 1.94. The minimum Gasteiger partial charge on any atom is -0.492 e. The zero-order chi connectivity index (χ0) is 17.8. The molecule has 2 heterocycles. The second-order valence-corrected chi connectivity index (χ2v) is 6.80. The maximum Gasteiger partial charge on any atom is 0.228 e. The van der Waals surface area contributed by atoms with Crippen molar-refractivity contribution in [2.24, 2.45) is 11.8 Å². The van der Waals surface area contributed by atoms with Crippen molar-refractivity contribution in [3.8, 4) is 5.75 Å². The Balaban J connectivity index is 1.68. The molecule has 0 aliphatic carbocycles. The molecular weight excluding hydrogens is 318 g/mol. The Morgan fingerprint density at radius 2 is 2.12 bits per heavy atom. The summed E-state index contributed by atoms with van der Waals surface area (Å²) in [6.45, 7) is 5.42. The monoisotopic (exact) mass is 345 g/mol. The lowest BCUT2D eigenvalue weighted by atomic mass is 10.1. The third-order valence-electron chi connectivity index (χ3n) is 5.02. The summed E-state index contributed by atoms with van der Waals surface area (Å²) < 4.78 is 5.64. The first-order valence-corrected chi connectivity index (χ1v) is 9.09. The molecule has 2 fully saturated rings. The van der Waals surface area contributed by atoms with E-state index < -0.39 is 0 Å². The highest BCUT2D eigenvalue weighted by molar-refractivity contribution is 6.01. The second kappa shape index (κ2) is 7.87. The van der Waals surface area contributed by atoms with E-state index >= 15 is 0 Å². The largest absolute Gasteiger partial charge is 0.492 e. The quantitative estimate of drug-likeness (QED) is 0.849. The predicted molar refractivity (Wildman–Crippen MR) is 96.7 cm³/mol. The van der Waals surface area contributed by atoms with Crippen LogP contribution in [0, 0.1) is 11.8 Å². The van der Waals surface area contributed by atoms with Crippen LogP contribution in [0.1, 0.15) is 19.8 Å². The lowest BCUT2D eigenvalue weighted by Gasteiger charge is -2.22. The summed E-state index contributed by atoms with van der Waals surface area (Å²) in [6.07, 6.45) is 1.32. The molecule has 0 aromatic heterocycles. The van der Waals surface area contributed by atoms with Crippen LogP contribution in [0.3, 0.4) is 0 Å². The Kier molecular flexibility index (Phi) is 5.58. The van der Waals surface area contributed by atoms with Crippen LogP contribution in [0.5, 0.6) is 5.75 Å². The molecular formula is C19H27N3O3. The number of nitrogens with one attached hydrogen (secondary N) is 1. The van der Waals surface area contributed by atoms with Crippen molar-refractivity contribution in [1.82, 2.24) is 10.2 Å². The fraction of sp³-hybridized carbons (Fsp3) is 0.579. The van der Waals surface area contributed by atoms with Gasteiger partial charge in [0.2, 0.25) is 11.8 Å². The van der Waals surface area contributed by atoms with Crippen molar-refractivity contribution in [3.63, 3.8) is 0 Å². The SMILES string of the molecule is CCOc1ccccc1N1CC(C(=O)N2CCC(CNC)C2)CC1=O. The third-order valence-corrected chi connectivity index (χ3v) is 5.02. The highest BCUT2D eigenvalue weighted by Gasteiger charge is 2.39. The summed E-state index contributed by atoms with van der Waals surface area (Å²) in [6, 6.07) is 7.53. The van der Waals surface area contributed by atoms with E-state index in [4.69, 9.17) is 4.74 Å². The minimum atomic E-state index is -0.254. The van der Waals surface area contributed by atoms with E-state index in [1.807, 2.05) is 43.1 Å². The van der Waals surface area contributed by atoms with Crippen LogP contribution < -0.4 is 15.0 Å². The molecule has 0 saturated carbocycles. The molecule has 1 N–H and O–H groups in total. The molecule has 2 atom stereocenters. The van der Waals surface area contributed by atoms with Crippen molar-refractivity contribution < 1.29 is 14.3 Å². The van der Waals surface area contributed by atoms with Gasteiger partial charge in [0.1, 0.15) is 5.75 Å². The van der Waals surface area contributed by atoms with Crippen LogP contribution in [0.25, 0.3) is 0 Å². The van der Waals surface area contributed by atoms with Gasteiger partial charge in [-0.2, -0.15) is 0 Å². The molecule has 2 aliphatic heterocycles. The first-order chi connectivity index (χ1) is 12.1. The Morgan fingerprint density at radius 1 is 1.32 bits per heavy atom. The molecule has 2 amide bonds. The maximum absolute atomic E-state index is 12.8. The molecule has 1 aromatic carbocycles. The number of anilines is 1. The van der Waals surface area contributed by atoms with Gasteiger partial charge in [-0.25, -0.2) is 0 Å². The number of rotatable bonds is 6. The number of para-hydroxylation sites is 2. The number of hydrogen-bond donors (Lipinski definition) is 1. The molecule has 0 bridgehead atoms. The van der Waals surface area contributed by atoms with Crippen molar-refractivity contribution in [3.05, 3.63) is 24.3 Å². The minimum absolute atomic E-state index is 0.00326. The highest BCUT2D eigenvalue weighted by atomic mass is 16.5. The molecule has 136 valence electrons. The number of carbonyl (C=O) groups is 2. The summed E-state index contributed by atoms with van der Waals surface area (Å²) in [4.78, 5) is 29.0. The molecule has 3 rings (SSSR count). The Morgan fingerprint density at radius 3 is 2.88 bits per heavy atom. The lowest BCUT2D eigenvalue weighted by Crippen LogP contribution is -2.36. The van der Waals surface area contributed by atoms with E-state index in [2.05, 4.69) is 5.32 Å². The lowest BCUT2D eigenvalue weighted by molar-refractivity contribution is -0.134. The van der Waals surface area contributed by atoms with E-state index in [1.54, 1.807) is 4.90 Å². The molecule has 6 heteroatoms. The Bertz CT molecular complexity index is 634. The van der Waals surface area contributed by atoms with Crippen molar-refractivity contribution in [2.45, 2.75) is 19.8 Å². The number of nitrogens with zero attached hydrogens (tertiary/aromatic N) is 2. The van der Waals surface area contributed by atoms with Gasteiger partial charge >= 0.3 is 0 Å². The highest BCUT2D eigenvalue weighted by Crippen LogP contribution is 2.34. The summed E-state index contributed by atoms with van der Waals surface area (Å²) in [5.74, 6) is 1.07. The number of benzene rings is 1. The normalized spacial score (nSPS) is 23.4. The molecule has 25 heavy (non-hydrogen) atoms. The zero-order valence-corrected chi connectivity index (χ0v) is 15.0. The van der Waals surface area contributed by atoms with Crippen molar-refractivity contribution in [1.29, 1.82) is 0 Å². The smallest absolute Gasteiger partial charge is 0.228 e. The Labute approximate surface area is 149 Å². The topological polar surface area (TPSA) is 61.9 Å². The molecule has 0 spiro atoms. The van der Waals surface area contributed by atoms with Gasteiger partial charge in [0, 0.05) is 26.1 Å². The van der Waals surface area contributed by atoms with Gasteiger partial charge in [0.05, 0.1) is 18.2 Å². The van der Waals surface area contributed by atoms with E-state index in [9.17, 15) is 9.59 Å². The average Bonchev–Trinajstić information content (AvgIpc) is 3.22. The van der Waals surface area contributed by atoms with Gasteiger partial charge < -0.3 is 19.9 Å². The second-order valence-electron chi connectivity index (χ2n) is 6.80. The van der Waals surface area contributed by atoms with Crippen LogP contribution in [-0.4, -0.2) is 56.5 Å². The number of hydrogen-bond acceptors (Lipinski definition) is 4. The average molecular weight is 345 g/mol. The van der Waals surface area contributed by atoms with Crippen LogP contribution in [0.4, 0.5) is 5.69 Å². The van der Waals surface area contributed by atoms with Crippen LogP contribution >= 0.6 is 0 Å². The summed E-state index contributed by atoms with van der Waals surface area (Å²) in [5, 5.41) is 3.18. The van der Waals surface area contributed by atoms with Gasteiger partial charge in [-0.1, -0.05) is 12.1 Å². The molecule has 6 nitrogen and oxygen atoms in total. The summed E-state index contributed by atoms with van der Waals surface area (Å²) >= 11 is 0. The van der Waals surface area contributed by atoms with Crippen LogP contribution in [0.2, 0.25) is 0 Å². The number of ether oxygens (including phenoxy) is 1. The molecule has 2 unspecified atom stereocenters. The van der Waals surface area contributed by atoms with E-state index in [1.165, 1.54) is 0 Å². The van der Waals surface area contributed by atoms with Gasteiger partial charge in [-0.05, 0) is 45.0 Å². The van der Waals surface area contributed by atoms with E-state index in [0.717, 1.165) is 31.7 Å². The van der Waals surface area contributed by atoms with E-state index in [0.29, 0.717) is 24.8 Å². The molecule has 1 aromatic rings. The van der Waals surface area contributed by atoms with Crippen LogP contribution in [-0.2, 0) is 9.59 Å². The first kappa shape index (κ1) is 17.7. The Hall–Kier alpha value is -2.08. The fourth-order valence-corrected chi connectivity index (χ4v) is 3.81. The first-order valence-electron chi connectivity index (χ1n) is 9.09. The summed E-state index contributed by atoms with van der Waals surface area (Å²) in [5.41, 5.74) is 0.763. The number of amides is 2. The number of carbonyl (C=O) groups excluding carboxylic acids is 2. The van der Waals surface area contributed by atoms with Crippen LogP contribution in [0.15, 0.2) is 24.3 Å². The van der Waals surface area contributed by atoms with Gasteiger partial charge in [0.15, 0.2) is 0 Å². The molecule has 0 radical (unpaired) electrons. The maximum atomic E-state index is 12.8. The van der Waals surface area contributed by atoms with Gasteiger partial charge in [0.25, 0.3) is 0 Å². The fourth-order valence-electron chi connectivity index (χ4n) is 3.81. The molecule has 2 aliphatic rings. The predicted octanol–water partition coefficient (Wildman–Crippen LogP) is 1.51. The molecule has 2 saturated heterocycles. The van der Waals surface area contributed by atoms with Crippen molar-refractivity contribution >= 4 is 17.5 Å². The zero-order valence-electron chi connectivity index (χ0n) is 15.0. The number of likely N-dealkylation sites (tertiary alicyclic amines) is 1. The standard InChI is InChI=1S/C19H27N3O3/c1-3-25-17-7-5-4-6-16(17)22-13-15(10-18(22)23)19(24)21-9-8-14(12-21)11-20-2/h4-7,14-15,20H,3,8-13H2,1-2H3. The third kappa shape index (κ3) is 3.79. The van der Waals surface area contributed by atoms with E-state index in [-0.39, 0.29) is 24.2 Å². The van der Waals surface area contributed by atoms with Crippen molar-refractivity contribution in [2.75, 3.05) is 44.7 Å². The van der Waals surface area contributed by atoms with Gasteiger partial charge in [-0.3, -0.25) is 9.59 Å².